The molecule has 0 fully saturated rings. The average molecular weight is 147 g/mol. The highest BCUT2D eigenvalue weighted by Gasteiger charge is 2.06. The summed E-state index contributed by atoms with van der Waals surface area (Å²) in [4.78, 5) is 27.1. The number of nitrogens with zero attached hydrogens (tertiary/aromatic N) is 1. The first kappa shape index (κ1) is 8.87. The van der Waals surface area contributed by atoms with Crippen LogP contribution < -0.4 is 0 Å². The maximum atomic E-state index is 10.5. The van der Waals surface area contributed by atoms with Crippen molar-refractivity contribution in [2.45, 2.75) is 20.3 Å². The predicted octanol–water partition coefficient (Wildman–Crippen LogP) is 1.19. The standard InChI is InChI=1S/C5H9NO4/c1-4(2)3-5(7)9-10-6-8/h4H,3H2,1-2H3. The summed E-state index contributed by atoms with van der Waals surface area (Å²) in [6, 6.07) is 0. The van der Waals surface area contributed by atoms with Gasteiger partial charge in [-0.3, -0.25) is 0 Å². The quantitative estimate of drug-likeness (QED) is 0.340. The second kappa shape index (κ2) is 4.72. The SMILES string of the molecule is CC(C)CC(=O)OON=O. The Bertz CT molecular complexity index is 123. The van der Waals surface area contributed by atoms with Crippen molar-refractivity contribution in [3.05, 3.63) is 4.91 Å². The Morgan fingerprint density at radius 3 is 2.60 bits per heavy atom. The van der Waals surface area contributed by atoms with Crippen molar-refractivity contribution in [3.8, 4) is 0 Å². The summed E-state index contributed by atoms with van der Waals surface area (Å²) in [5.74, 6) is -0.405. The molecule has 0 saturated carbocycles. The fraction of sp³-hybridized carbons (Fsp3) is 0.800. The summed E-state index contributed by atoms with van der Waals surface area (Å²) >= 11 is 0. The van der Waals surface area contributed by atoms with Crippen molar-refractivity contribution in [1.82, 2.24) is 0 Å². The Kier molecular flexibility index (Phi) is 4.19. The molecule has 0 aliphatic carbocycles. The monoisotopic (exact) mass is 147 g/mol. The molecule has 0 aliphatic rings. The Labute approximate surface area is 58.2 Å². The van der Waals surface area contributed by atoms with Crippen molar-refractivity contribution in [2.75, 3.05) is 0 Å². The molecule has 0 atom stereocenters. The largest absolute Gasteiger partial charge is 0.358 e. The van der Waals surface area contributed by atoms with Crippen LogP contribution in [0.3, 0.4) is 0 Å². The van der Waals surface area contributed by atoms with E-state index in [-0.39, 0.29) is 12.3 Å². The van der Waals surface area contributed by atoms with E-state index in [2.05, 4.69) is 9.88 Å². The Balaban J connectivity index is 3.34. The van der Waals surface area contributed by atoms with Crippen LogP contribution in [0.5, 0.6) is 0 Å². The number of carbonyl (C=O) groups is 1. The smallest absolute Gasteiger partial charge is 0.247 e. The van der Waals surface area contributed by atoms with Crippen LogP contribution in [0.2, 0.25) is 0 Å². The van der Waals surface area contributed by atoms with Gasteiger partial charge in [0.25, 0.3) is 0 Å². The fourth-order valence-corrected chi connectivity index (χ4v) is 0.424. The van der Waals surface area contributed by atoms with E-state index in [4.69, 9.17) is 0 Å². The lowest BCUT2D eigenvalue weighted by atomic mass is 10.1. The van der Waals surface area contributed by atoms with E-state index < -0.39 is 5.97 Å². The first-order valence-electron chi connectivity index (χ1n) is 2.86. The second-order valence-electron chi connectivity index (χ2n) is 2.20. The van der Waals surface area contributed by atoms with Crippen molar-refractivity contribution in [1.29, 1.82) is 0 Å². The third-order valence-corrected chi connectivity index (χ3v) is 0.736. The number of hydrogen-bond acceptors (Lipinski definition) is 5. The Morgan fingerprint density at radius 1 is 1.60 bits per heavy atom. The minimum absolute atomic E-state index is 0.183. The lowest BCUT2D eigenvalue weighted by Gasteiger charge is -1.98. The van der Waals surface area contributed by atoms with Gasteiger partial charge in [-0.15, -0.1) is 9.90 Å². The molecule has 0 aromatic heterocycles. The van der Waals surface area contributed by atoms with E-state index in [1.165, 1.54) is 0 Å². The maximum Gasteiger partial charge on any atom is 0.358 e. The van der Waals surface area contributed by atoms with E-state index in [1.54, 1.807) is 0 Å². The van der Waals surface area contributed by atoms with Gasteiger partial charge >= 0.3 is 5.97 Å². The molecule has 0 heterocycles. The van der Waals surface area contributed by atoms with E-state index in [9.17, 15) is 9.70 Å². The van der Waals surface area contributed by atoms with E-state index >= 15 is 0 Å². The fourth-order valence-electron chi connectivity index (χ4n) is 0.424. The van der Waals surface area contributed by atoms with Crippen LogP contribution in [-0.2, 0) is 14.7 Å². The summed E-state index contributed by atoms with van der Waals surface area (Å²) in [5.41, 5.74) is 0. The molecule has 0 aromatic carbocycles. The van der Waals surface area contributed by atoms with Crippen LogP contribution in [0.15, 0.2) is 5.34 Å². The summed E-state index contributed by atoms with van der Waals surface area (Å²) in [6.07, 6.45) is 0.218. The van der Waals surface area contributed by atoms with Crippen molar-refractivity contribution in [3.63, 3.8) is 0 Å². The highest BCUT2D eigenvalue weighted by Crippen LogP contribution is 2.00. The molecular weight excluding hydrogens is 138 g/mol. The predicted molar refractivity (Wildman–Crippen MR) is 32.4 cm³/mol. The van der Waals surface area contributed by atoms with Crippen molar-refractivity contribution >= 4 is 5.97 Å². The zero-order valence-corrected chi connectivity index (χ0v) is 5.86. The zero-order valence-electron chi connectivity index (χ0n) is 5.86. The lowest BCUT2D eigenvalue weighted by molar-refractivity contribution is -0.275. The highest BCUT2D eigenvalue weighted by molar-refractivity contribution is 5.68. The van der Waals surface area contributed by atoms with Crippen LogP contribution in [0.25, 0.3) is 0 Å². The normalized spacial score (nSPS) is 9.10. The van der Waals surface area contributed by atoms with Gasteiger partial charge in [-0.2, -0.15) is 0 Å². The van der Waals surface area contributed by atoms with Gasteiger partial charge in [-0.25, -0.2) is 9.68 Å². The van der Waals surface area contributed by atoms with Gasteiger partial charge in [0.1, 0.15) is 0 Å². The molecule has 0 rings (SSSR count). The third kappa shape index (κ3) is 5.02. The van der Waals surface area contributed by atoms with Crippen LogP contribution in [-0.4, -0.2) is 5.97 Å². The molecule has 10 heavy (non-hydrogen) atoms. The first-order valence-corrected chi connectivity index (χ1v) is 2.86. The van der Waals surface area contributed by atoms with Crippen LogP contribution in [0, 0.1) is 10.8 Å². The van der Waals surface area contributed by atoms with E-state index in [0.717, 1.165) is 0 Å². The number of rotatable bonds is 4. The molecule has 0 bridgehead atoms. The minimum Gasteiger partial charge on any atom is -0.247 e. The van der Waals surface area contributed by atoms with Crippen LogP contribution in [0.4, 0.5) is 0 Å². The topological polar surface area (TPSA) is 65.0 Å². The molecule has 0 radical (unpaired) electrons. The third-order valence-electron chi connectivity index (χ3n) is 0.736. The van der Waals surface area contributed by atoms with Gasteiger partial charge < -0.3 is 0 Å². The van der Waals surface area contributed by atoms with E-state index in [1.807, 2.05) is 19.2 Å². The number of hydrogen-bond donors (Lipinski definition) is 0. The highest BCUT2D eigenvalue weighted by atomic mass is 17.3. The molecule has 0 aliphatic heterocycles. The van der Waals surface area contributed by atoms with Gasteiger partial charge in [-0.05, 0) is 5.92 Å². The number of carbonyl (C=O) groups excluding carboxylic acids is 1. The van der Waals surface area contributed by atoms with Crippen molar-refractivity contribution < 1.29 is 14.7 Å². The summed E-state index contributed by atoms with van der Waals surface area (Å²) in [7, 11) is 0. The van der Waals surface area contributed by atoms with Gasteiger partial charge in [0.05, 0.1) is 6.42 Å². The van der Waals surface area contributed by atoms with Crippen LogP contribution >= 0.6 is 0 Å². The summed E-state index contributed by atoms with van der Waals surface area (Å²) < 4.78 is 0. The van der Waals surface area contributed by atoms with Crippen LogP contribution in [0.1, 0.15) is 20.3 Å². The minimum atomic E-state index is -0.588. The molecule has 58 valence electrons. The van der Waals surface area contributed by atoms with E-state index in [0.29, 0.717) is 0 Å². The van der Waals surface area contributed by atoms with Crippen molar-refractivity contribution in [2.24, 2.45) is 11.3 Å². The summed E-state index contributed by atoms with van der Waals surface area (Å²) in [5, 5.41) is 1.89. The molecule has 0 aromatic rings. The summed E-state index contributed by atoms with van der Waals surface area (Å²) in [6.45, 7) is 3.69. The molecule has 0 N–H and O–H groups in total. The Morgan fingerprint density at radius 2 is 2.20 bits per heavy atom. The van der Waals surface area contributed by atoms with Gasteiger partial charge in [-0.1, -0.05) is 13.8 Å². The first-order chi connectivity index (χ1) is 4.66. The van der Waals surface area contributed by atoms with Gasteiger partial charge in [0, 0.05) is 0 Å². The van der Waals surface area contributed by atoms with Gasteiger partial charge in [0.15, 0.2) is 0 Å². The lowest BCUT2D eigenvalue weighted by Crippen LogP contribution is -2.05. The molecule has 0 spiro atoms. The molecule has 0 amide bonds. The van der Waals surface area contributed by atoms with Gasteiger partial charge in [0.2, 0.25) is 5.34 Å². The second-order valence-corrected chi connectivity index (χ2v) is 2.20. The zero-order chi connectivity index (χ0) is 7.98. The molecule has 5 heteroatoms. The molecular formula is C5H9NO4. The Hall–Kier alpha value is -1.13. The average Bonchev–Trinajstić information content (AvgIpc) is 1.82. The maximum absolute atomic E-state index is 10.5. The molecule has 0 saturated heterocycles. The molecule has 0 unspecified atom stereocenters. The molecule has 5 nitrogen and oxygen atoms in total.